The van der Waals surface area contributed by atoms with Crippen molar-refractivity contribution in [2.24, 2.45) is 0 Å². The van der Waals surface area contributed by atoms with E-state index in [1.165, 1.54) is 45.5 Å². The van der Waals surface area contributed by atoms with Crippen LogP contribution >= 0.6 is 0 Å². The zero-order valence-electron chi connectivity index (χ0n) is 15.7. The third-order valence-electron chi connectivity index (χ3n) is 4.53. The first-order valence-corrected chi connectivity index (χ1v) is 8.97. The lowest BCUT2D eigenvalue weighted by Crippen LogP contribution is -2.21. The Morgan fingerprint density at radius 1 is 0.968 bits per heavy atom. The van der Waals surface area contributed by atoms with E-state index in [-0.39, 0.29) is 17.9 Å². The second-order valence-electron chi connectivity index (χ2n) is 6.66. The number of carboxylic acids is 1. The molecule has 0 amide bonds. The van der Waals surface area contributed by atoms with Crippen LogP contribution in [0.15, 0.2) is 71.7 Å². The number of halogens is 3. The Bertz CT molecular complexity index is 1310. The van der Waals surface area contributed by atoms with Gasteiger partial charge in [0, 0.05) is 6.20 Å². The molecule has 4 rings (SSSR count). The number of benzene rings is 2. The van der Waals surface area contributed by atoms with E-state index in [9.17, 15) is 22.8 Å². The summed E-state index contributed by atoms with van der Waals surface area (Å²) in [6, 6.07) is 14.7. The molecular weight excluding hydrogens is 415 g/mol. The van der Waals surface area contributed by atoms with Gasteiger partial charge in [-0.05, 0) is 53.1 Å². The number of carboxylic acid groups (broad SMARTS) is 1. The number of aromatic carboxylic acids is 1. The summed E-state index contributed by atoms with van der Waals surface area (Å²) < 4.78 is 43.3. The van der Waals surface area contributed by atoms with Crippen LogP contribution in [0.4, 0.5) is 13.2 Å². The van der Waals surface area contributed by atoms with Gasteiger partial charge in [0.1, 0.15) is 5.75 Å². The molecule has 0 radical (unpaired) electrons. The second-order valence-corrected chi connectivity index (χ2v) is 6.66. The Morgan fingerprint density at radius 2 is 1.61 bits per heavy atom. The average Bonchev–Trinajstić information content (AvgIpc) is 3.03. The van der Waals surface area contributed by atoms with E-state index in [0.29, 0.717) is 22.3 Å². The van der Waals surface area contributed by atoms with Gasteiger partial charge >= 0.3 is 18.0 Å². The lowest BCUT2D eigenvalue weighted by atomic mass is 10.1. The van der Waals surface area contributed by atoms with Gasteiger partial charge in [-0.3, -0.25) is 0 Å². The fourth-order valence-electron chi connectivity index (χ4n) is 3.07. The Labute approximate surface area is 172 Å². The molecule has 0 atom stereocenters. The molecule has 0 saturated carbocycles. The fraction of sp³-hybridized carbons (Fsp3) is 0.0952. The summed E-state index contributed by atoms with van der Waals surface area (Å²) in [7, 11) is 0. The summed E-state index contributed by atoms with van der Waals surface area (Å²) in [4.78, 5) is 23.7. The maximum absolute atomic E-state index is 12.7. The maximum Gasteiger partial charge on any atom is 0.573 e. The van der Waals surface area contributed by atoms with Crippen LogP contribution in [-0.4, -0.2) is 31.6 Å². The van der Waals surface area contributed by atoms with Crippen LogP contribution < -0.4 is 10.4 Å². The summed E-state index contributed by atoms with van der Waals surface area (Å²) in [5.74, 6) is -1.38. The number of hydrogen-bond acceptors (Lipinski definition) is 4. The molecule has 2 heterocycles. The van der Waals surface area contributed by atoms with Crippen molar-refractivity contribution in [1.82, 2.24) is 14.2 Å². The number of alkyl halides is 3. The van der Waals surface area contributed by atoms with E-state index < -0.39 is 18.0 Å². The standard InChI is InChI=1S/C21H14F3N3O4/c22-21(23,24)31-17-8-5-14(6-9-17)16-7-10-18-25-27(20(30)26(18)12-16)11-13-1-3-15(4-2-13)19(28)29/h1-10,12H,11H2,(H,28,29). The normalized spacial score (nSPS) is 11.6. The zero-order chi connectivity index (χ0) is 22.2. The van der Waals surface area contributed by atoms with Crippen LogP contribution in [0.2, 0.25) is 0 Å². The smallest absolute Gasteiger partial charge is 0.478 e. The molecule has 31 heavy (non-hydrogen) atoms. The molecule has 0 saturated heterocycles. The van der Waals surface area contributed by atoms with Gasteiger partial charge in [-0.2, -0.15) is 0 Å². The van der Waals surface area contributed by atoms with Crippen LogP contribution in [0.5, 0.6) is 5.75 Å². The van der Waals surface area contributed by atoms with Crippen LogP contribution in [0.3, 0.4) is 0 Å². The minimum Gasteiger partial charge on any atom is -0.478 e. The first-order valence-electron chi connectivity index (χ1n) is 8.97. The Balaban J connectivity index is 1.60. The summed E-state index contributed by atoms with van der Waals surface area (Å²) >= 11 is 0. The van der Waals surface area contributed by atoms with Gasteiger partial charge in [0.15, 0.2) is 5.65 Å². The van der Waals surface area contributed by atoms with E-state index in [4.69, 9.17) is 5.11 Å². The largest absolute Gasteiger partial charge is 0.573 e. The molecule has 0 unspecified atom stereocenters. The maximum atomic E-state index is 12.7. The monoisotopic (exact) mass is 429 g/mol. The van der Waals surface area contributed by atoms with Gasteiger partial charge in [-0.15, -0.1) is 18.3 Å². The third-order valence-corrected chi connectivity index (χ3v) is 4.53. The quantitative estimate of drug-likeness (QED) is 0.522. The highest BCUT2D eigenvalue weighted by Gasteiger charge is 2.30. The van der Waals surface area contributed by atoms with Gasteiger partial charge < -0.3 is 9.84 Å². The Morgan fingerprint density at radius 3 is 2.23 bits per heavy atom. The van der Waals surface area contributed by atoms with Gasteiger partial charge in [-0.25, -0.2) is 18.7 Å². The molecule has 158 valence electrons. The average molecular weight is 429 g/mol. The van der Waals surface area contributed by atoms with Crippen LogP contribution in [0, 0.1) is 0 Å². The van der Waals surface area contributed by atoms with E-state index in [1.807, 2.05) is 0 Å². The van der Waals surface area contributed by atoms with Crippen molar-refractivity contribution in [2.75, 3.05) is 0 Å². The molecule has 10 heteroatoms. The molecule has 1 N–H and O–H groups in total. The molecule has 0 aliphatic heterocycles. The van der Waals surface area contributed by atoms with E-state index in [0.717, 1.165) is 0 Å². The van der Waals surface area contributed by atoms with E-state index in [1.54, 1.807) is 30.5 Å². The molecule has 0 bridgehead atoms. The predicted molar refractivity (Wildman–Crippen MR) is 104 cm³/mol. The van der Waals surface area contributed by atoms with E-state index >= 15 is 0 Å². The van der Waals surface area contributed by atoms with Crippen molar-refractivity contribution >= 4 is 11.6 Å². The van der Waals surface area contributed by atoms with Gasteiger partial charge in [0.2, 0.25) is 0 Å². The predicted octanol–water partition coefficient (Wildman–Crippen LogP) is 3.81. The minimum atomic E-state index is -4.77. The second kappa shape index (κ2) is 7.63. The van der Waals surface area contributed by atoms with Gasteiger partial charge in [0.25, 0.3) is 0 Å². The molecule has 0 fully saturated rings. The highest BCUT2D eigenvalue weighted by atomic mass is 19.4. The lowest BCUT2D eigenvalue weighted by Gasteiger charge is -2.09. The molecule has 2 aromatic carbocycles. The molecular formula is C21H14F3N3O4. The fourth-order valence-corrected chi connectivity index (χ4v) is 3.07. The summed E-state index contributed by atoms with van der Waals surface area (Å²) in [6.07, 6.45) is -3.22. The molecule has 0 aliphatic carbocycles. The molecule has 7 nitrogen and oxygen atoms in total. The highest BCUT2D eigenvalue weighted by Crippen LogP contribution is 2.26. The number of ether oxygens (including phenoxy) is 1. The number of hydrogen-bond donors (Lipinski definition) is 1. The zero-order valence-corrected chi connectivity index (χ0v) is 15.7. The van der Waals surface area contributed by atoms with Crippen molar-refractivity contribution in [3.05, 3.63) is 88.5 Å². The van der Waals surface area contributed by atoms with Crippen LogP contribution in [0.1, 0.15) is 15.9 Å². The topological polar surface area (TPSA) is 85.8 Å². The van der Waals surface area contributed by atoms with Crippen molar-refractivity contribution in [1.29, 1.82) is 0 Å². The Hall–Kier alpha value is -4.08. The number of rotatable bonds is 5. The number of carbonyl (C=O) groups is 1. The first-order chi connectivity index (χ1) is 14.7. The van der Waals surface area contributed by atoms with Crippen LogP contribution in [-0.2, 0) is 6.54 Å². The summed E-state index contributed by atoms with van der Waals surface area (Å²) in [6.45, 7) is 0.152. The Kier molecular flexibility index (Phi) is 4.97. The van der Waals surface area contributed by atoms with Crippen LogP contribution in [0.25, 0.3) is 16.8 Å². The molecule has 0 spiro atoms. The molecule has 4 aromatic rings. The number of pyridine rings is 1. The third kappa shape index (κ3) is 4.42. The summed E-state index contributed by atoms with van der Waals surface area (Å²) in [5, 5.41) is 13.2. The van der Waals surface area contributed by atoms with Crippen molar-refractivity contribution in [2.45, 2.75) is 12.9 Å². The van der Waals surface area contributed by atoms with E-state index in [2.05, 4.69) is 9.84 Å². The van der Waals surface area contributed by atoms with Crippen molar-refractivity contribution in [3.8, 4) is 16.9 Å². The van der Waals surface area contributed by atoms with Gasteiger partial charge in [-0.1, -0.05) is 24.3 Å². The van der Waals surface area contributed by atoms with Crippen molar-refractivity contribution in [3.63, 3.8) is 0 Å². The van der Waals surface area contributed by atoms with Crippen molar-refractivity contribution < 1.29 is 27.8 Å². The number of aromatic nitrogens is 3. The number of fused-ring (bicyclic) bond motifs is 1. The SMILES string of the molecule is O=C(O)c1ccc(Cn2nc3ccc(-c4ccc(OC(F)(F)F)cc4)cn3c2=O)cc1. The molecule has 0 aliphatic rings. The minimum absolute atomic E-state index is 0.141. The number of nitrogens with zero attached hydrogens (tertiary/aromatic N) is 3. The summed E-state index contributed by atoms with van der Waals surface area (Å²) in [5.41, 5.74) is 2.04. The van der Waals surface area contributed by atoms with Gasteiger partial charge in [0.05, 0.1) is 12.1 Å². The first kappa shape index (κ1) is 20.2. The lowest BCUT2D eigenvalue weighted by molar-refractivity contribution is -0.274. The molecule has 2 aromatic heterocycles. The highest BCUT2D eigenvalue weighted by molar-refractivity contribution is 5.87.